The van der Waals surface area contributed by atoms with Crippen molar-refractivity contribution in [2.45, 2.75) is 53.1 Å². The lowest BCUT2D eigenvalue weighted by Crippen LogP contribution is -2.29. The second-order valence-electron chi connectivity index (χ2n) is 11.0. The zero-order valence-electron chi connectivity index (χ0n) is 24.6. The van der Waals surface area contributed by atoms with Gasteiger partial charge < -0.3 is 15.2 Å². The number of hydrogen-bond donors (Lipinski definition) is 3. The van der Waals surface area contributed by atoms with Crippen LogP contribution in [0.25, 0.3) is 11.8 Å². The van der Waals surface area contributed by atoms with Crippen LogP contribution in [0.5, 0.6) is 5.75 Å². The van der Waals surface area contributed by atoms with Gasteiger partial charge >= 0.3 is 6.03 Å². The van der Waals surface area contributed by atoms with Gasteiger partial charge in [0.15, 0.2) is 0 Å². The van der Waals surface area contributed by atoms with E-state index in [-0.39, 0.29) is 18.6 Å². The van der Waals surface area contributed by atoms with Crippen LogP contribution in [-0.2, 0) is 18.5 Å². The highest BCUT2D eigenvalue weighted by atomic mass is 19.1. The number of nitrogens with one attached hydrogen (secondary N) is 2. The van der Waals surface area contributed by atoms with Crippen LogP contribution in [0, 0.1) is 19.7 Å². The first-order chi connectivity index (χ1) is 19.9. The Morgan fingerprint density at radius 3 is 2.57 bits per heavy atom. The second-order valence-corrected chi connectivity index (χ2v) is 11.0. The first-order valence-electron chi connectivity index (χ1n) is 13.6. The smallest absolute Gasteiger partial charge is 0.320 e. The first-order valence-corrected chi connectivity index (χ1v) is 13.6. The molecule has 0 saturated carbocycles. The molecule has 220 valence electrons. The molecule has 0 saturated heterocycles. The maximum Gasteiger partial charge on any atom is 0.320 e. The molecule has 3 N–H and O–H groups in total. The molecule has 4 rings (SSSR count). The molecule has 9 nitrogen and oxygen atoms in total. The number of aliphatic hydroxyl groups is 1. The highest BCUT2D eigenvalue weighted by molar-refractivity contribution is 5.88. The summed E-state index contributed by atoms with van der Waals surface area (Å²) in [6.07, 6.45) is 5.17. The second kappa shape index (κ2) is 12.9. The van der Waals surface area contributed by atoms with Gasteiger partial charge in [0.25, 0.3) is 0 Å². The predicted molar refractivity (Wildman–Crippen MR) is 162 cm³/mol. The fourth-order valence-corrected chi connectivity index (χ4v) is 4.17. The lowest BCUT2D eigenvalue weighted by molar-refractivity contribution is 0.251. The zero-order chi connectivity index (χ0) is 30.4. The van der Waals surface area contributed by atoms with Gasteiger partial charge in [0.05, 0.1) is 36.4 Å². The first kappa shape index (κ1) is 30.3. The summed E-state index contributed by atoms with van der Waals surface area (Å²) in [4.78, 5) is 13.0. The van der Waals surface area contributed by atoms with E-state index in [1.54, 1.807) is 27.7 Å². The van der Waals surface area contributed by atoms with Crippen LogP contribution in [-0.4, -0.2) is 37.3 Å². The van der Waals surface area contributed by atoms with Gasteiger partial charge in [0.2, 0.25) is 0 Å². The molecule has 2 aromatic carbocycles. The Hall–Kier alpha value is -4.70. The number of aliphatic hydroxyl groups excluding tert-OH is 1. The average Bonchev–Trinajstić information content (AvgIpc) is 3.51. The van der Waals surface area contributed by atoms with E-state index in [9.17, 15) is 14.3 Å². The number of hydrogen-bond acceptors (Lipinski definition) is 5. The molecule has 0 fully saturated rings. The number of amides is 2. The van der Waals surface area contributed by atoms with Crippen molar-refractivity contribution in [2.75, 3.05) is 11.9 Å². The molecular formula is C32H37FN6O3. The third-order valence-corrected chi connectivity index (χ3v) is 6.51. The summed E-state index contributed by atoms with van der Waals surface area (Å²) in [6.45, 7) is 14.4. The average molecular weight is 573 g/mol. The van der Waals surface area contributed by atoms with E-state index in [1.807, 2.05) is 44.2 Å². The van der Waals surface area contributed by atoms with Gasteiger partial charge in [-0.1, -0.05) is 45.0 Å². The number of rotatable bonds is 10. The summed E-state index contributed by atoms with van der Waals surface area (Å²) < 4.78 is 23.5. The number of allylic oxidation sites excluding steroid dienone is 1. The SMILES string of the molecule is C=C(/C=C\c1c(C)cnn1CCO)Oc1ccc(F)cc1CNC(=O)Nc1cc(C(C)(C)C)nn1-c1ccc(C)cc1. The summed E-state index contributed by atoms with van der Waals surface area (Å²) in [7, 11) is 0. The molecular weight excluding hydrogens is 535 g/mol. The molecule has 0 aliphatic carbocycles. The van der Waals surface area contributed by atoms with Crippen molar-refractivity contribution in [3.8, 4) is 11.4 Å². The third kappa shape index (κ3) is 7.52. The van der Waals surface area contributed by atoms with Crippen molar-refractivity contribution >= 4 is 17.9 Å². The third-order valence-electron chi connectivity index (χ3n) is 6.51. The molecule has 0 aliphatic heterocycles. The van der Waals surface area contributed by atoms with E-state index in [4.69, 9.17) is 9.84 Å². The Balaban J connectivity index is 1.47. The number of ether oxygens (including phenoxy) is 1. The fraction of sp³-hybridized carbons (Fsp3) is 0.281. The minimum atomic E-state index is -0.481. The molecule has 0 spiro atoms. The molecule has 0 atom stereocenters. The summed E-state index contributed by atoms with van der Waals surface area (Å²) >= 11 is 0. The molecule has 0 unspecified atom stereocenters. The van der Waals surface area contributed by atoms with E-state index in [1.165, 1.54) is 18.2 Å². The number of carbonyl (C=O) groups excluding carboxylic acids is 1. The topological polar surface area (TPSA) is 106 Å². The molecule has 10 heteroatoms. The largest absolute Gasteiger partial charge is 0.458 e. The Labute approximate surface area is 245 Å². The van der Waals surface area contributed by atoms with Gasteiger partial charge in [-0.2, -0.15) is 10.2 Å². The molecule has 2 heterocycles. The van der Waals surface area contributed by atoms with Gasteiger partial charge in [-0.05, 0) is 61.9 Å². The molecule has 0 bridgehead atoms. The number of halogens is 1. The van der Waals surface area contributed by atoms with E-state index in [0.29, 0.717) is 29.4 Å². The van der Waals surface area contributed by atoms with Crippen molar-refractivity contribution in [1.82, 2.24) is 24.9 Å². The predicted octanol–water partition coefficient (Wildman–Crippen LogP) is 6.04. The van der Waals surface area contributed by atoms with E-state index in [2.05, 4.69) is 43.1 Å². The number of carbonyl (C=O) groups is 1. The van der Waals surface area contributed by atoms with Crippen LogP contribution in [0.15, 0.2) is 73.1 Å². The van der Waals surface area contributed by atoms with Crippen LogP contribution in [0.3, 0.4) is 0 Å². The van der Waals surface area contributed by atoms with Crippen LogP contribution in [0.4, 0.5) is 15.0 Å². The summed E-state index contributed by atoms with van der Waals surface area (Å²) in [6, 6.07) is 13.3. The normalized spacial score (nSPS) is 11.6. The van der Waals surface area contributed by atoms with E-state index >= 15 is 0 Å². The zero-order valence-corrected chi connectivity index (χ0v) is 24.6. The lowest BCUT2D eigenvalue weighted by atomic mass is 9.92. The quantitative estimate of drug-likeness (QED) is 0.159. The number of benzene rings is 2. The van der Waals surface area contributed by atoms with Crippen molar-refractivity contribution in [1.29, 1.82) is 0 Å². The van der Waals surface area contributed by atoms with Crippen molar-refractivity contribution in [3.05, 3.63) is 107 Å². The number of nitrogens with zero attached hydrogens (tertiary/aromatic N) is 4. The van der Waals surface area contributed by atoms with Gasteiger partial charge in [-0.25, -0.2) is 13.9 Å². The van der Waals surface area contributed by atoms with Crippen molar-refractivity contribution in [3.63, 3.8) is 0 Å². The number of aryl methyl sites for hydroxylation is 2. The van der Waals surface area contributed by atoms with Crippen LogP contribution < -0.4 is 15.4 Å². The van der Waals surface area contributed by atoms with E-state index < -0.39 is 11.8 Å². The summed E-state index contributed by atoms with van der Waals surface area (Å²) in [5.41, 5.74) is 4.70. The Morgan fingerprint density at radius 1 is 1.14 bits per heavy atom. The van der Waals surface area contributed by atoms with Crippen LogP contribution in [0.2, 0.25) is 0 Å². The molecule has 2 amide bonds. The van der Waals surface area contributed by atoms with Gasteiger partial charge in [0.1, 0.15) is 23.1 Å². The Bertz CT molecular complexity index is 1600. The van der Waals surface area contributed by atoms with Gasteiger partial charge in [0, 0.05) is 23.6 Å². The number of aromatic nitrogens is 4. The monoisotopic (exact) mass is 572 g/mol. The highest BCUT2D eigenvalue weighted by Crippen LogP contribution is 2.27. The van der Waals surface area contributed by atoms with E-state index in [0.717, 1.165) is 28.2 Å². The van der Waals surface area contributed by atoms with Crippen molar-refractivity contribution in [2.24, 2.45) is 0 Å². The minimum Gasteiger partial charge on any atom is -0.458 e. The number of urea groups is 1. The van der Waals surface area contributed by atoms with Crippen molar-refractivity contribution < 1.29 is 19.0 Å². The van der Waals surface area contributed by atoms with Gasteiger partial charge in [-0.15, -0.1) is 0 Å². The molecule has 42 heavy (non-hydrogen) atoms. The minimum absolute atomic E-state index is 0.00307. The van der Waals surface area contributed by atoms with Crippen LogP contribution in [0.1, 0.15) is 48.8 Å². The standard InChI is InChI=1S/C32H37FN6O3/c1-21-7-11-26(12-8-21)39-30(18-29(37-39)32(4,5)6)36-31(41)34-20-24-17-25(33)10-14-28(24)42-23(3)9-13-27-22(2)19-35-38(27)15-16-40/h7-14,17-19,40H,3,15-16,20H2,1-2,4-6H3,(H2,34,36,41)/b13-9-. The fourth-order valence-electron chi connectivity index (χ4n) is 4.17. The maximum absolute atomic E-state index is 14.2. The van der Waals surface area contributed by atoms with Gasteiger partial charge in [-0.3, -0.25) is 10.00 Å². The van der Waals surface area contributed by atoms with Crippen LogP contribution >= 0.6 is 0 Å². The summed E-state index contributed by atoms with van der Waals surface area (Å²) in [5.74, 6) is 0.703. The Kier molecular flexibility index (Phi) is 9.27. The molecule has 0 aliphatic rings. The highest BCUT2D eigenvalue weighted by Gasteiger charge is 2.21. The molecule has 0 radical (unpaired) electrons. The summed E-state index contributed by atoms with van der Waals surface area (Å²) in [5, 5.41) is 23.9. The number of anilines is 1. The molecule has 2 aromatic heterocycles. The Morgan fingerprint density at radius 2 is 1.88 bits per heavy atom. The maximum atomic E-state index is 14.2. The molecule has 4 aromatic rings. The lowest BCUT2D eigenvalue weighted by Gasteiger charge is -2.14.